The summed E-state index contributed by atoms with van der Waals surface area (Å²) in [6.45, 7) is 6.53. The number of pyridine rings is 1. The van der Waals surface area contributed by atoms with Gasteiger partial charge in [-0.3, -0.25) is 14.3 Å². The number of carbonyl (C=O) groups excluding carboxylic acids is 1. The molecule has 3 aromatic rings. The van der Waals surface area contributed by atoms with Crippen LogP contribution in [-0.4, -0.2) is 37.5 Å². The number of rotatable bonds is 8. The Morgan fingerprint density at radius 2 is 2.07 bits per heavy atom. The van der Waals surface area contributed by atoms with Gasteiger partial charge in [0.2, 0.25) is 5.91 Å². The van der Waals surface area contributed by atoms with E-state index in [1.807, 2.05) is 41.8 Å². The molecule has 0 bridgehead atoms. The highest BCUT2D eigenvalue weighted by atomic mass is 32.2. The van der Waals surface area contributed by atoms with Crippen LogP contribution in [0.15, 0.2) is 72.7 Å². The van der Waals surface area contributed by atoms with Crippen LogP contribution in [0.3, 0.4) is 0 Å². The number of benzene rings is 1. The van der Waals surface area contributed by atoms with E-state index in [0.717, 1.165) is 17.0 Å². The fraction of sp³-hybridized carbons (Fsp3) is 0.200. The average Bonchev–Trinajstić information content (AvgIpc) is 3.09. The van der Waals surface area contributed by atoms with E-state index < -0.39 is 0 Å². The Morgan fingerprint density at radius 3 is 2.78 bits per heavy atom. The largest absolute Gasteiger partial charge is 0.352 e. The van der Waals surface area contributed by atoms with Gasteiger partial charge in [0.05, 0.1) is 11.8 Å². The predicted octanol–water partition coefficient (Wildman–Crippen LogP) is 3.17. The Labute approximate surface area is 162 Å². The lowest BCUT2D eigenvalue weighted by molar-refractivity contribution is -0.120. The molecule has 1 N–H and O–H groups in total. The van der Waals surface area contributed by atoms with Gasteiger partial charge in [-0.25, -0.2) is 0 Å². The van der Waals surface area contributed by atoms with E-state index in [1.165, 1.54) is 11.8 Å². The fourth-order valence-corrected chi connectivity index (χ4v) is 3.39. The first kappa shape index (κ1) is 18.8. The summed E-state index contributed by atoms with van der Waals surface area (Å²) in [6.07, 6.45) is 5.15. The molecule has 0 fully saturated rings. The molecule has 0 aliphatic rings. The summed E-state index contributed by atoms with van der Waals surface area (Å²) in [4.78, 5) is 16.4. The topological polar surface area (TPSA) is 72.7 Å². The van der Waals surface area contributed by atoms with E-state index in [0.29, 0.717) is 18.2 Å². The van der Waals surface area contributed by atoms with Crippen LogP contribution in [0.5, 0.6) is 0 Å². The van der Waals surface area contributed by atoms with E-state index in [2.05, 4.69) is 39.2 Å². The van der Waals surface area contributed by atoms with Crippen molar-refractivity contribution in [3.8, 4) is 11.4 Å². The molecule has 0 saturated carbocycles. The summed E-state index contributed by atoms with van der Waals surface area (Å²) >= 11 is 1.39. The molecule has 0 radical (unpaired) electrons. The Kier molecular flexibility index (Phi) is 6.38. The smallest absolute Gasteiger partial charge is 0.233 e. The zero-order chi connectivity index (χ0) is 19.1. The van der Waals surface area contributed by atoms with Gasteiger partial charge in [0.25, 0.3) is 0 Å². The number of hydrogen-bond acceptors (Lipinski definition) is 5. The van der Waals surface area contributed by atoms with Gasteiger partial charge >= 0.3 is 0 Å². The van der Waals surface area contributed by atoms with Crippen molar-refractivity contribution in [2.45, 2.75) is 23.9 Å². The van der Waals surface area contributed by atoms with Gasteiger partial charge in [-0.15, -0.1) is 16.8 Å². The van der Waals surface area contributed by atoms with Crippen LogP contribution in [0.2, 0.25) is 0 Å². The van der Waals surface area contributed by atoms with Crippen molar-refractivity contribution in [1.29, 1.82) is 0 Å². The maximum atomic E-state index is 12.2. The molecule has 1 aromatic carbocycles. The van der Waals surface area contributed by atoms with Gasteiger partial charge in [-0.1, -0.05) is 48.2 Å². The van der Waals surface area contributed by atoms with Crippen LogP contribution in [-0.2, 0) is 11.3 Å². The van der Waals surface area contributed by atoms with E-state index >= 15 is 0 Å². The maximum absolute atomic E-state index is 12.2. The van der Waals surface area contributed by atoms with Gasteiger partial charge < -0.3 is 5.32 Å². The molecule has 1 amide bonds. The third-order valence-electron chi connectivity index (χ3n) is 3.89. The fourth-order valence-electron chi connectivity index (χ4n) is 2.52. The quantitative estimate of drug-likeness (QED) is 0.481. The third kappa shape index (κ3) is 4.83. The first-order valence-electron chi connectivity index (χ1n) is 8.62. The Morgan fingerprint density at radius 1 is 1.26 bits per heavy atom. The van der Waals surface area contributed by atoms with Gasteiger partial charge in [-0.05, 0) is 24.6 Å². The van der Waals surface area contributed by atoms with Crippen molar-refractivity contribution in [3.05, 3.63) is 73.1 Å². The lowest BCUT2D eigenvalue weighted by Crippen LogP contribution is -2.31. The second kappa shape index (κ2) is 9.14. The number of aromatic nitrogens is 4. The van der Waals surface area contributed by atoms with E-state index in [9.17, 15) is 4.79 Å². The number of amides is 1. The summed E-state index contributed by atoms with van der Waals surface area (Å²) in [5.74, 6) is 0.672. The molecule has 7 heteroatoms. The molecule has 0 aliphatic heterocycles. The Balaban J connectivity index is 1.90. The Bertz CT molecular complexity index is 895. The van der Waals surface area contributed by atoms with Crippen molar-refractivity contribution in [2.75, 3.05) is 6.54 Å². The van der Waals surface area contributed by atoms with Crippen molar-refractivity contribution in [3.63, 3.8) is 0 Å². The zero-order valence-electron chi connectivity index (χ0n) is 15.1. The lowest BCUT2D eigenvalue weighted by atomic mass is 10.2. The lowest BCUT2D eigenvalue weighted by Gasteiger charge is -2.13. The minimum Gasteiger partial charge on any atom is -0.352 e. The molecule has 3 rings (SSSR count). The monoisotopic (exact) mass is 379 g/mol. The first-order valence-corrected chi connectivity index (χ1v) is 9.49. The predicted molar refractivity (Wildman–Crippen MR) is 107 cm³/mol. The summed E-state index contributed by atoms with van der Waals surface area (Å²) in [5.41, 5.74) is 2.02. The van der Waals surface area contributed by atoms with Crippen LogP contribution < -0.4 is 5.32 Å². The number of nitrogens with zero attached hydrogens (tertiary/aromatic N) is 4. The molecule has 1 unspecified atom stereocenters. The van der Waals surface area contributed by atoms with Crippen molar-refractivity contribution < 1.29 is 4.79 Å². The molecule has 1 atom stereocenters. The van der Waals surface area contributed by atoms with Crippen LogP contribution in [0, 0.1) is 0 Å². The maximum Gasteiger partial charge on any atom is 0.233 e. The van der Waals surface area contributed by atoms with Gasteiger partial charge in [-0.2, -0.15) is 0 Å². The van der Waals surface area contributed by atoms with E-state index in [-0.39, 0.29) is 11.2 Å². The van der Waals surface area contributed by atoms with Crippen molar-refractivity contribution in [2.24, 2.45) is 0 Å². The molecule has 138 valence electrons. The van der Waals surface area contributed by atoms with Gasteiger partial charge in [0.15, 0.2) is 11.0 Å². The van der Waals surface area contributed by atoms with Crippen molar-refractivity contribution in [1.82, 2.24) is 25.1 Å². The standard InChI is InChI=1S/C20H21N5OS/c1-3-11-22-19(26)15(2)27-20-24-23-18(17-10-7-12-21-13-17)25(20)14-16-8-5-4-6-9-16/h3-10,12-13,15H,1,11,14H2,2H3,(H,22,26). The summed E-state index contributed by atoms with van der Waals surface area (Å²) in [7, 11) is 0. The first-order chi connectivity index (χ1) is 13.2. The molecule has 0 saturated heterocycles. The number of hydrogen-bond donors (Lipinski definition) is 1. The molecule has 27 heavy (non-hydrogen) atoms. The molecule has 2 heterocycles. The molecular weight excluding hydrogens is 358 g/mol. The second-order valence-electron chi connectivity index (χ2n) is 5.91. The zero-order valence-corrected chi connectivity index (χ0v) is 15.9. The molecular formula is C20H21N5OS. The minimum absolute atomic E-state index is 0.0583. The Hall–Kier alpha value is -2.93. The van der Waals surface area contributed by atoms with Crippen LogP contribution in [0.1, 0.15) is 12.5 Å². The highest BCUT2D eigenvalue weighted by Gasteiger charge is 2.20. The third-order valence-corrected chi connectivity index (χ3v) is 4.97. The molecule has 0 aliphatic carbocycles. The van der Waals surface area contributed by atoms with Gasteiger partial charge in [0.1, 0.15) is 0 Å². The average molecular weight is 379 g/mol. The molecule has 2 aromatic heterocycles. The summed E-state index contributed by atoms with van der Waals surface area (Å²) < 4.78 is 2.02. The summed E-state index contributed by atoms with van der Waals surface area (Å²) in [5, 5.41) is 11.9. The molecule has 6 nitrogen and oxygen atoms in total. The minimum atomic E-state index is -0.301. The van der Waals surface area contributed by atoms with Crippen LogP contribution >= 0.6 is 11.8 Å². The number of carbonyl (C=O) groups is 1. The van der Waals surface area contributed by atoms with Crippen LogP contribution in [0.4, 0.5) is 0 Å². The number of nitrogens with one attached hydrogen (secondary N) is 1. The second-order valence-corrected chi connectivity index (χ2v) is 7.22. The highest BCUT2D eigenvalue weighted by Crippen LogP contribution is 2.27. The summed E-state index contributed by atoms with van der Waals surface area (Å²) in [6, 6.07) is 13.9. The highest BCUT2D eigenvalue weighted by molar-refractivity contribution is 8.00. The van der Waals surface area contributed by atoms with E-state index in [1.54, 1.807) is 18.5 Å². The van der Waals surface area contributed by atoms with E-state index in [4.69, 9.17) is 0 Å². The van der Waals surface area contributed by atoms with Crippen molar-refractivity contribution >= 4 is 17.7 Å². The van der Waals surface area contributed by atoms with Gasteiger partial charge in [0, 0.05) is 24.5 Å². The van der Waals surface area contributed by atoms with Crippen LogP contribution in [0.25, 0.3) is 11.4 Å². The molecule has 0 spiro atoms. The normalized spacial score (nSPS) is 11.7. The number of thioether (sulfide) groups is 1. The SMILES string of the molecule is C=CCNC(=O)C(C)Sc1nnc(-c2cccnc2)n1Cc1ccccc1.